The SMILES string of the molecule is CC(C)(C)OC(=O)N1CCN(C(Cc2ccccc2)C2=COCO2)CC1. The van der Waals surface area contributed by atoms with Gasteiger partial charge in [0.1, 0.15) is 11.9 Å². The lowest BCUT2D eigenvalue weighted by molar-refractivity contribution is 0.00741. The zero-order chi connectivity index (χ0) is 18.6. The molecule has 1 aromatic carbocycles. The number of nitrogens with zero attached hydrogens (tertiary/aromatic N) is 2. The van der Waals surface area contributed by atoms with Crippen molar-refractivity contribution in [2.75, 3.05) is 33.0 Å². The molecule has 1 aromatic rings. The number of hydrogen-bond donors (Lipinski definition) is 0. The van der Waals surface area contributed by atoms with Gasteiger partial charge in [-0.05, 0) is 32.8 Å². The normalized spacial score (nSPS) is 19.3. The van der Waals surface area contributed by atoms with Crippen LogP contribution in [-0.2, 0) is 20.6 Å². The van der Waals surface area contributed by atoms with E-state index in [9.17, 15) is 4.79 Å². The molecule has 26 heavy (non-hydrogen) atoms. The molecule has 0 aromatic heterocycles. The van der Waals surface area contributed by atoms with Crippen LogP contribution >= 0.6 is 0 Å². The van der Waals surface area contributed by atoms with Gasteiger partial charge in [0, 0.05) is 26.2 Å². The van der Waals surface area contributed by atoms with Gasteiger partial charge in [-0.2, -0.15) is 0 Å². The second-order valence-electron chi connectivity index (χ2n) is 7.66. The lowest BCUT2D eigenvalue weighted by Gasteiger charge is -2.39. The summed E-state index contributed by atoms with van der Waals surface area (Å²) in [7, 11) is 0. The molecule has 1 saturated heterocycles. The van der Waals surface area contributed by atoms with E-state index >= 15 is 0 Å². The second kappa shape index (κ2) is 7.99. The average Bonchev–Trinajstić information content (AvgIpc) is 3.14. The highest BCUT2D eigenvalue weighted by atomic mass is 16.7. The minimum Gasteiger partial charge on any atom is -0.462 e. The smallest absolute Gasteiger partial charge is 0.410 e. The van der Waals surface area contributed by atoms with Crippen LogP contribution in [-0.4, -0.2) is 60.5 Å². The van der Waals surface area contributed by atoms with Crippen molar-refractivity contribution in [3.05, 3.63) is 47.9 Å². The van der Waals surface area contributed by atoms with Crippen LogP contribution in [0.15, 0.2) is 42.4 Å². The standard InChI is InChI=1S/C20H28N2O4/c1-20(2,3)26-19(23)22-11-9-21(10-12-22)17(18-14-24-15-25-18)13-16-7-5-4-6-8-16/h4-8,14,17H,9-13,15H2,1-3H3. The predicted molar refractivity (Wildman–Crippen MR) is 98.4 cm³/mol. The Morgan fingerprint density at radius 2 is 1.85 bits per heavy atom. The molecule has 6 nitrogen and oxygen atoms in total. The highest BCUT2D eigenvalue weighted by molar-refractivity contribution is 5.68. The van der Waals surface area contributed by atoms with Crippen molar-refractivity contribution in [1.29, 1.82) is 0 Å². The van der Waals surface area contributed by atoms with Crippen LogP contribution < -0.4 is 0 Å². The number of hydrogen-bond acceptors (Lipinski definition) is 5. The van der Waals surface area contributed by atoms with Crippen LogP contribution in [0.4, 0.5) is 4.79 Å². The number of amides is 1. The summed E-state index contributed by atoms with van der Waals surface area (Å²) in [6, 6.07) is 10.5. The van der Waals surface area contributed by atoms with E-state index < -0.39 is 5.60 Å². The van der Waals surface area contributed by atoms with Gasteiger partial charge in [-0.1, -0.05) is 30.3 Å². The Hall–Kier alpha value is -2.21. The van der Waals surface area contributed by atoms with Crippen LogP contribution in [0.25, 0.3) is 0 Å². The summed E-state index contributed by atoms with van der Waals surface area (Å²) < 4.78 is 16.4. The third-order valence-corrected chi connectivity index (χ3v) is 4.50. The lowest BCUT2D eigenvalue weighted by atomic mass is 10.0. The molecule has 1 atom stereocenters. The zero-order valence-electron chi connectivity index (χ0n) is 15.8. The number of rotatable bonds is 4. The molecule has 2 aliphatic heterocycles. The highest BCUT2D eigenvalue weighted by Gasteiger charge is 2.32. The van der Waals surface area contributed by atoms with Crippen molar-refractivity contribution in [2.45, 2.75) is 38.8 Å². The van der Waals surface area contributed by atoms with Crippen molar-refractivity contribution in [2.24, 2.45) is 0 Å². The highest BCUT2D eigenvalue weighted by Crippen LogP contribution is 2.23. The van der Waals surface area contributed by atoms with Gasteiger partial charge in [0.15, 0.2) is 5.76 Å². The number of benzene rings is 1. The van der Waals surface area contributed by atoms with Crippen LogP contribution in [0.3, 0.4) is 0 Å². The minimum atomic E-state index is -0.468. The molecule has 0 bridgehead atoms. The fourth-order valence-corrected chi connectivity index (χ4v) is 3.22. The second-order valence-corrected chi connectivity index (χ2v) is 7.66. The summed E-state index contributed by atoms with van der Waals surface area (Å²) in [4.78, 5) is 16.4. The molecule has 0 aliphatic carbocycles. The van der Waals surface area contributed by atoms with Crippen LogP contribution in [0, 0.1) is 0 Å². The molecule has 1 unspecified atom stereocenters. The average molecular weight is 360 g/mol. The molecule has 1 amide bonds. The third kappa shape index (κ3) is 4.91. The van der Waals surface area contributed by atoms with E-state index in [1.165, 1.54) is 5.56 Å². The van der Waals surface area contributed by atoms with Gasteiger partial charge in [0.05, 0.1) is 6.04 Å². The number of ether oxygens (including phenoxy) is 3. The zero-order valence-corrected chi connectivity index (χ0v) is 15.8. The van der Waals surface area contributed by atoms with Gasteiger partial charge < -0.3 is 19.1 Å². The molecule has 142 valence electrons. The Balaban J connectivity index is 1.63. The summed E-state index contributed by atoms with van der Waals surface area (Å²) in [6.07, 6.45) is 2.33. The molecule has 1 fully saturated rings. The molecule has 3 rings (SSSR count). The number of carbonyl (C=O) groups excluding carboxylic acids is 1. The number of carbonyl (C=O) groups is 1. The molecule has 2 heterocycles. The van der Waals surface area contributed by atoms with E-state index in [1.807, 2.05) is 39.0 Å². The predicted octanol–water partition coefficient (Wildman–Crippen LogP) is 3.00. The van der Waals surface area contributed by atoms with Gasteiger partial charge >= 0.3 is 6.09 Å². The Bertz CT molecular complexity index is 631. The molecular formula is C20H28N2O4. The first-order chi connectivity index (χ1) is 12.4. The third-order valence-electron chi connectivity index (χ3n) is 4.50. The van der Waals surface area contributed by atoms with E-state index in [4.69, 9.17) is 14.2 Å². The molecule has 0 spiro atoms. The quantitative estimate of drug-likeness (QED) is 0.826. The maximum absolute atomic E-state index is 12.3. The Kier molecular flexibility index (Phi) is 5.71. The Labute approximate surface area is 155 Å². The van der Waals surface area contributed by atoms with Crippen molar-refractivity contribution < 1.29 is 19.0 Å². The fourth-order valence-electron chi connectivity index (χ4n) is 3.22. The van der Waals surface area contributed by atoms with E-state index in [-0.39, 0.29) is 18.9 Å². The summed E-state index contributed by atoms with van der Waals surface area (Å²) in [5.74, 6) is 0.861. The maximum Gasteiger partial charge on any atom is 0.410 e. The molecule has 0 saturated carbocycles. The van der Waals surface area contributed by atoms with Gasteiger partial charge in [0.2, 0.25) is 6.79 Å². The topological polar surface area (TPSA) is 51.2 Å². The van der Waals surface area contributed by atoms with E-state index in [0.29, 0.717) is 13.1 Å². The molecule has 0 radical (unpaired) electrons. The first-order valence-corrected chi connectivity index (χ1v) is 9.13. The van der Waals surface area contributed by atoms with Crippen molar-refractivity contribution >= 4 is 6.09 Å². The summed E-state index contributed by atoms with van der Waals surface area (Å²) in [5, 5.41) is 0. The van der Waals surface area contributed by atoms with E-state index in [0.717, 1.165) is 25.3 Å². The maximum atomic E-state index is 12.3. The minimum absolute atomic E-state index is 0.112. The number of piperazine rings is 1. The molecular weight excluding hydrogens is 332 g/mol. The van der Waals surface area contributed by atoms with Crippen molar-refractivity contribution in [3.63, 3.8) is 0 Å². The molecule has 2 aliphatic rings. The van der Waals surface area contributed by atoms with Gasteiger partial charge in [-0.15, -0.1) is 0 Å². The summed E-state index contributed by atoms with van der Waals surface area (Å²) in [6.45, 7) is 8.79. The van der Waals surface area contributed by atoms with Gasteiger partial charge in [-0.3, -0.25) is 4.90 Å². The summed E-state index contributed by atoms with van der Waals surface area (Å²) in [5.41, 5.74) is 0.785. The largest absolute Gasteiger partial charge is 0.462 e. The van der Waals surface area contributed by atoms with Crippen LogP contribution in [0.5, 0.6) is 0 Å². The van der Waals surface area contributed by atoms with Gasteiger partial charge in [0.25, 0.3) is 0 Å². The molecule has 0 N–H and O–H groups in total. The first-order valence-electron chi connectivity index (χ1n) is 9.13. The van der Waals surface area contributed by atoms with Crippen LogP contribution in [0.1, 0.15) is 26.3 Å². The molecule has 6 heteroatoms. The van der Waals surface area contributed by atoms with Crippen molar-refractivity contribution in [3.8, 4) is 0 Å². The summed E-state index contributed by atoms with van der Waals surface area (Å²) >= 11 is 0. The monoisotopic (exact) mass is 360 g/mol. The fraction of sp³-hybridized carbons (Fsp3) is 0.550. The Morgan fingerprint density at radius 3 is 2.42 bits per heavy atom. The lowest BCUT2D eigenvalue weighted by Crippen LogP contribution is -2.53. The van der Waals surface area contributed by atoms with Crippen LogP contribution in [0.2, 0.25) is 0 Å². The van der Waals surface area contributed by atoms with Gasteiger partial charge in [-0.25, -0.2) is 4.79 Å². The first kappa shape index (κ1) is 18.6. The Morgan fingerprint density at radius 1 is 1.15 bits per heavy atom. The van der Waals surface area contributed by atoms with Crippen molar-refractivity contribution in [1.82, 2.24) is 9.80 Å². The van der Waals surface area contributed by atoms with E-state index in [1.54, 1.807) is 11.2 Å². The van der Waals surface area contributed by atoms with E-state index in [2.05, 4.69) is 17.0 Å².